The smallest absolute Gasteiger partial charge is 0.410 e. The van der Waals surface area contributed by atoms with Crippen molar-refractivity contribution in [1.82, 2.24) is 4.90 Å². The van der Waals surface area contributed by atoms with Crippen LogP contribution >= 0.6 is 31.9 Å². The zero-order chi connectivity index (χ0) is 26.8. The topological polar surface area (TPSA) is 67.9 Å². The van der Waals surface area contributed by atoms with Crippen molar-refractivity contribution in [3.8, 4) is 11.5 Å². The molecule has 1 heterocycles. The summed E-state index contributed by atoms with van der Waals surface area (Å²) in [6, 6.07) is 18.9. The second kappa shape index (κ2) is 10.8. The van der Waals surface area contributed by atoms with Crippen LogP contribution in [0, 0.1) is 5.82 Å². The Labute approximate surface area is 232 Å². The van der Waals surface area contributed by atoms with Crippen LogP contribution in [0.2, 0.25) is 0 Å². The van der Waals surface area contributed by atoms with Gasteiger partial charge in [-0.1, -0.05) is 28.1 Å². The first-order chi connectivity index (χ1) is 17.4. The molecule has 9 heteroatoms. The van der Waals surface area contributed by atoms with Gasteiger partial charge in [0.25, 0.3) is 0 Å². The van der Waals surface area contributed by atoms with Gasteiger partial charge in [0.05, 0.1) is 9.89 Å². The molecule has 1 saturated heterocycles. The van der Waals surface area contributed by atoms with Crippen molar-refractivity contribution in [2.24, 2.45) is 0 Å². The van der Waals surface area contributed by atoms with Crippen molar-refractivity contribution in [3.05, 3.63) is 87.1 Å². The number of ether oxygens (including phenoxy) is 2. The van der Waals surface area contributed by atoms with E-state index in [9.17, 15) is 14.0 Å². The summed E-state index contributed by atoms with van der Waals surface area (Å²) in [5.41, 5.74) is -0.181. The molecule has 1 N–H and O–H groups in total. The molecular weight excluding hydrogens is 607 g/mol. The van der Waals surface area contributed by atoms with Gasteiger partial charge < -0.3 is 19.7 Å². The summed E-state index contributed by atoms with van der Waals surface area (Å²) in [5.74, 6) is 0.428. The van der Waals surface area contributed by atoms with E-state index in [1.807, 2.05) is 45.0 Å². The maximum atomic E-state index is 13.8. The third kappa shape index (κ3) is 6.51. The van der Waals surface area contributed by atoms with E-state index in [4.69, 9.17) is 9.47 Å². The molecule has 1 aliphatic heterocycles. The van der Waals surface area contributed by atoms with Crippen LogP contribution in [-0.4, -0.2) is 35.6 Å². The van der Waals surface area contributed by atoms with Crippen molar-refractivity contribution in [3.63, 3.8) is 0 Å². The summed E-state index contributed by atoms with van der Waals surface area (Å²) in [5, 5.41) is 3.01. The minimum Gasteiger partial charge on any atom is -0.457 e. The minimum absolute atomic E-state index is 0.199. The van der Waals surface area contributed by atoms with Gasteiger partial charge >= 0.3 is 6.09 Å². The monoisotopic (exact) mass is 632 g/mol. The fraction of sp³-hybridized carbons (Fsp3) is 0.286. The van der Waals surface area contributed by atoms with Gasteiger partial charge in [-0.3, -0.25) is 4.79 Å². The third-order valence-corrected chi connectivity index (χ3v) is 7.07. The molecule has 1 atom stereocenters. The predicted octanol–water partition coefficient (Wildman–Crippen LogP) is 7.66. The Morgan fingerprint density at radius 3 is 2.35 bits per heavy atom. The summed E-state index contributed by atoms with van der Waals surface area (Å²) in [7, 11) is 0. The normalized spacial score (nSPS) is 17.4. The average Bonchev–Trinajstić information content (AvgIpc) is 3.29. The van der Waals surface area contributed by atoms with E-state index >= 15 is 0 Å². The standard InChI is InChI=1S/C28H27Br2FN2O4/c1-27(2,3)37-26(35)33-14-13-28(17-33,18-5-4-6-19(29)15-18)25(34)32-20-7-9-21(10-8-20)36-22-11-12-24(31)23(30)16-22/h4-12,15-16H,13-14,17H2,1-3H3,(H,32,34). The summed E-state index contributed by atoms with van der Waals surface area (Å²) in [4.78, 5) is 28.1. The van der Waals surface area contributed by atoms with Gasteiger partial charge in [-0.25, -0.2) is 9.18 Å². The molecule has 0 aromatic heterocycles. The maximum Gasteiger partial charge on any atom is 0.410 e. The lowest BCUT2D eigenvalue weighted by atomic mass is 9.78. The molecule has 1 aliphatic rings. The fourth-order valence-electron chi connectivity index (χ4n) is 4.16. The van der Waals surface area contributed by atoms with Gasteiger partial charge in [0.15, 0.2) is 0 Å². The molecule has 4 rings (SSSR count). The molecule has 1 fully saturated rings. The van der Waals surface area contributed by atoms with Crippen LogP contribution in [0.1, 0.15) is 32.8 Å². The first-order valence-corrected chi connectivity index (χ1v) is 13.3. The number of halogens is 3. The predicted molar refractivity (Wildman–Crippen MR) is 147 cm³/mol. The Kier molecular flexibility index (Phi) is 7.94. The lowest BCUT2D eigenvalue weighted by Crippen LogP contribution is -2.44. The Hall–Kier alpha value is -2.91. The molecule has 194 valence electrons. The highest BCUT2D eigenvalue weighted by atomic mass is 79.9. The lowest BCUT2D eigenvalue weighted by molar-refractivity contribution is -0.121. The highest BCUT2D eigenvalue weighted by Crippen LogP contribution is 2.38. The van der Waals surface area contributed by atoms with Gasteiger partial charge in [0.2, 0.25) is 5.91 Å². The van der Waals surface area contributed by atoms with Gasteiger partial charge in [-0.05, 0) is 103 Å². The van der Waals surface area contributed by atoms with Crippen molar-refractivity contribution >= 4 is 49.5 Å². The van der Waals surface area contributed by atoms with Crippen LogP contribution < -0.4 is 10.1 Å². The number of hydrogen-bond acceptors (Lipinski definition) is 4. The second-order valence-corrected chi connectivity index (χ2v) is 11.7. The molecule has 0 radical (unpaired) electrons. The molecule has 3 aromatic carbocycles. The Morgan fingerprint density at radius 2 is 1.70 bits per heavy atom. The number of nitrogens with zero attached hydrogens (tertiary/aromatic N) is 1. The van der Waals surface area contributed by atoms with Crippen molar-refractivity contribution in [1.29, 1.82) is 0 Å². The SMILES string of the molecule is CC(C)(C)OC(=O)N1CCC(C(=O)Nc2ccc(Oc3ccc(F)c(Br)c3)cc2)(c2cccc(Br)c2)C1. The van der Waals surface area contributed by atoms with Crippen LogP contribution in [0.25, 0.3) is 0 Å². The number of amides is 2. The number of rotatable bonds is 5. The van der Waals surface area contributed by atoms with E-state index in [-0.39, 0.29) is 18.3 Å². The number of hydrogen-bond donors (Lipinski definition) is 1. The van der Waals surface area contributed by atoms with Crippen LogP contribution in [0.15, 0.2) is 75.7 Å². The zero-order valence-corrected chi connectivity index (χ0v) is 23.9. The zero-order valence-electron chi connectivity index (χ0n) is 20.7. The summed E-state index contributed by atoms with van der Waals surface area (Å²) in [6.45, 7) is 6.05. The summed E-state index contributed by atoms with van der Waals surface area (Å²) in [6.07, 6.45) is 0.0147. The first kappa shape index (κ1) is 27.1. The molecule has 0 saturated carbocycles. The van der Waals surface area contributed by atoms with Crippen LogP contribution in [0.3, 0.4) is 0 Å². The Balaban J connectivity index is 1.53. The number of likely N-dealkylation sites (tertiary alicyclic amines) is 1. The average molecular weight is 634 g/mol. The lowest BCUT2D eigenvalue weighted by Gasteiger charge is -2.30. The molecule has 0 bridgehead atoms. The van der Waals surface area contributed by atoms with E-state index < -0.39 is 17.1 Å². The molecule has 6 nitrogen and oxygen atoms in total. The van der Waals surface area contributed by atoms with Crippen LogP contribution in [0.4, 0.5) is 14.9 Å². The minimum atomic E-state index is -0.948. The number of anilines is 1. The number of benzene rings is 3. The van der Waals surface area contributed by atoms with Crippen molar-refractivity contribution < 1.29 is 23.5 Å². The van der Waals surface area contributed by atoms with E-state index in [1.165, 1.54) is 12.1 Å². The molecule has 37 heavy (non-hydrogen) atoms. The van der Waals surface area contributed by atoms with E-state index in [2.05, 4.69) is 37.2 Å². The van der Waals surface area contributed by atoms with Crippen molar-refractivity contribution in [2.75, 3.05) is 18.4 Å². The second-order valence-electron chi connectivity index (χ2n) is 9.90. The fourth-order valence-corrected chi connectivity index (χ4v) is 4.92. The quantitative estimate of drug-likeness (QED) is 0.313. The first-order valence-electron chi connectivity index (χ1n) is 11.7. The van der Waals surface area contributed by atoms with Crippen molar-refractivity contribution in [2.45, 2.75) is 38.2 Å². The number of nitrogens with one attached hydrogen (secondary N) is 1. The van der Waals surface area contributed by atoms with E-state index in [0.29, 0.717) is 34.6 Å². The van der Waals surface area contributed by atoms with Gasteiger partial charge in [-0.15, -0.1) is 0 Å². The highest BCUT2D eigenvalue weighted by Gasteiger charge is 2.48. The van der Waals surface area contributed by atoms with Gasteiger partial charge in [0.1, 0.15) is 22.9 Å². The van der Waals surface area contributed by atoms with Gasteiger partial charge in [0, 0.05) is 23.2 Å². The molecule has 0 aliphatic carbocycles. The molecular formula is C28H27Br2FN2O4. The Bertz CT molecular complexity index is 1310. The largest absolute Gasteiger partial charge is 0.457 e. The summed E-state index contributed by atoms with van der Waals surface area (Å²) >= 11 is 6.65. The Morgan fingerprint density at radius 1 is 1.00 bits per heavy atom. The number of carbonyl (C=O) groups excluding carboxylic acids is 2. The molecule has 0 spiro atoms. The highest BCUT2D eigenvalue weighted by molar-refractivity contribution is 9.10. The number of carbonyl (C=O) groups is 2. The third-order valence-electron chi connectivity index (χ3n) is 5.97. The van der Waals surface area contributed by atoms with E-state index in [0.717, 1.165) is 10.0 Å². The molecule has 1 unspecified atom stereocenters. The molecule has 3 aromatic rings. The van der Waals surface area contributed by atoms with Crippen LogP contribution in [-0.2, 0) is 14.9 Å². The van der Waals surface area contributed by atoms with Crippen LogP contribution in [0.5, 0.6) is 11.5 Å². The van der Waals surface area contributed by atoms with E-state index in [1.54, 1.807) is 35.2 Å². The molecule has 2 amide bonds. The maximum absolute atomic E-state index is 13.8. The van der Waals surface area contributed by atoms with Gasteiger partial charge in [-0.2, -0.15) is 0 Å². The summed E-state index contributed by atoms with van der Waals surface area (Å²) < 4.78 is 26.0.